The Kier molecular flexibility index (Phi) is 6.79. The lowest BCUT2D eigenvalue weighted by Gasteiger charge is -2.19. The molecule has 0 amide bonds. The lowest BCUT2D eigenvalue weighted by molar-refractivity contribution is -0.174. The molecule has 0 heterocycles. The van der Waals surface area contributed by atoms with Crippen molar-refractivity contribution >= 4 is 11.6 Å². The van der Waals surface area contributed by atoms with E-state index in [2.05, 4.69) is 10.1 Å². The molecule has 0 aliphatic rings. The zero-order valence-electron chi connectivity index (χ0n) is 11.6. The molecule has 0 fully saturated rings. The number of rotatable bonds is 7. The number of benzene rings is 1. The number of hydrogen-bond donors (Lipinski definition) is 1. The molecule has 0 spiro atoms. The Morgan fingerprint density at radius 2 is 2.05 bits per heavy atom. The molecule has 1 atom stereocenters. The Morgan fingerprint density at radius 1 is 1.35 bits per heavy atom. The van der Waals surface area contributed by atoms with Crippen LogP contribution in [0.1, 0.15) is 30.5 Å². The lowest BCUT2D eigenvalue weighted by Crippen LogP contribution is -2.24. The van der Waals surface area contributed by atoms with E-state index in [1.165, 1.54) is 0 Å². The first-order valence-electron chi connectivity index (χ1n) is 6.47. The largest absolute Gasteiger partial charge is 0.411 e. The lowest BCUT2D eigenvalue weighted by atomic mass is 10.0. The SMILES string of the molecule is CCNC(CCOCC(F)(F)F)c1ccc(C)c(Cl)c1. The van der Waals surface area contributed by atoms with E-state index >= 15 is 0 Å². The second-order valence-corrected chi connectivity index (χ2v) is 4.98. The van der Waals surface area contributed by atoms with Crippen LogP contribution < -0.4 is 5.32 Å². The number of aryl methyl sites for hydroxylation is 1. The summed E-state index contributed by atoms with van der Waals surface area (Å²) in [5, 5.41) is 3.88. The molecular formula is C14H19ClF3NO. The molecule has 2 nitrogen and oxygen atoms in total. The van der Waals surface area contributed by atoms with Gasteiger partial charge >= 0.3 is 6.18 Å². The van der Waals surface area contributed by atoms with Crippen molar-refractivity contribution < 1.29 is 17.9 Å². The fourth-order valence-electron chi connectivity index (χ4n) is 1.85. The van der Waals surface area contributed by atoms with Crippen LogP contribution in [-0.2, 0) is 4.74 Å². The summed E-state index contributed by atoms with van der Waals surface area (Å²) in [6.07, 6.45) is -3.82. The number of nitrogens with one attached hydrogen (secondary N) is 1. The van der Waals surface area contributed by atoms with Crippen LogP contribution in [-0.4, -0.2) is 25.9 Å². The van der Waals surface area contributed by atoms with Crippen molar-refractivity contribution in [2.45, 2.75) is 32.5 Å². The van der Waals surface area contributed by atoms with E-state index in [-0.39, 0.29) is 12.6 Å². The van der Waals surface area contributed by atoms with Crippen molar-refractivity contribution in [2.75, 3.05) is 19.8 Å². The van der Waals surface area contributed by atoms with Gasteiger partial charge < -0.3 is 10.1 Å². The van der Waals surface area contributed by atoms with Crippen LogP contribution in [0, 0.1) is 6.92 Å². The van der Waals surface area contributed by atoms with Crippen LogP contribution in [0.3, 0.4) is 0 Å². The van der Waals surface area contributed by atoms with Gasteiger partial charge in [0.25, 0.3) is 0 Å². The Bertz CT molecular complexity index is 423. The minimum absolute atomic E-state index is 0.0443. The van der Waals surface area contributed by atoms with E-state index in [4.69, 9.17) is 11.6 Å². The quantitative estimate of drug-likeness (QED) is 0.760. The van der Waals surface area contributed by atoms with Gasteiger partial charge in [-0.1, -0.05) is 30.7 Å². The normalized spacial score (nSPS) is 13.5. The molecule has 1 N–H and O–H groups in total. The van der Waals surface area contributed by atoms with Gasteiger partial charge in [-0.2, -0.15) is 13.2 Å². The predicted octanol–water partition coefficient (Wildman–Crippen LogP) is 4.27. The van der Waals surface area contributed by atoms with Crippen LogP contribution in [0.4, 0.5) is 13.2 Å². The molecule has 0 aromatic heterocycles. The van der Waals surface area contributed by atoms with E-state index in [0.717, 1.165) is 17.7 Å². The van der Waals surface area contributed by atoms with Gasteiger partial charge in [0, 0.05) is 17.7 Å². The minimum Gasteiger partial charge on any atom is -0.372 e. The van der Waals surface area contributed by atoms with Crippen LogP contribution in [0.5, 0.6) is 0 Å². The highest BCUT2D eigenvalue weighted by Crippen LogP contribution is 2.24. The summed E-state index contributed by atoms with van der Waals surface area (Å²) in [4.78, 5) is 0. The monoisotopic (exact) mass is 309 g/mol. The van der Waals surface area contributed by atoms with Gasteiger partial charge in [-0.05, 0) is 37.1 Å². The molecule has 0 aliphatic carbocycles. The van der Waals surface area contributed by atoms with Crippen molar-refractivity contribution in [1.29, 1.82) is 0 Å². The van der Waals surface area contributed by atoms with E-state index < -0.39 is 12.8 Å². The van der Waals surface area contributed by atoms with Crippen molar-refractivity contribution in [3.8, 4) is 0 Å². The summed E-state index contributed by atoms with van der Waals surface area (Å²) in [6, 6.07) is 5.61. The number of halogens is 4. The molecule has 0 saturated heterocycles. The second-order valence-electron chi connectivity index (χ2n) is 4.58. The standard InChI is InChI=1S/C14H19ClF3NO/c1-3-19-13(6-7-20-9-14(16,17)18)11-5-4-10(2)12(15)8-11/h4-5,8,13,19H,3,6-7,9H2,1-2H3. The highest BCUT2D eigenvalue weighted by molar-refractivity contribution is 6.31. The zero-order chi connectivity index (χ0) is 15.2. The molecule has 114 valence electrons. The molecule has 0 saturated carbocycles. The summed E-state index contributed by atoms with van der Waals surface area (Å²) >= 11 is 6.07. The molecule has 1 rings (SSSR count). The first kappa shape index (κ1) is 17.3. The van der Waals surface area contributed by atoms with Gasteiger partial charge in [0.05, 0.1) is 0 Å². The maximum atomic E-state index is 12.0. The zero-order valence-corrected chi connectivity index (χ0v) is 12.3. The third-order valence-corrected chi connectivity index (χ3v) is 3.27. The van der Waals surface area contributed by atoms with Crippen molar-refractivity contribution in [1.82, 2.24) is 5.32 Å². The van der Waals surface area contributed by atoms with Crippen LogP contribution in [0.15, 0.2) is 18.2 Å². The van der Waals surface area contributed by atoms with E-state index in [9.17, 15) is 13.2 Å². The smallest absolute Gasteiger partial charge is 0.372 e. The fraction of sp³-hybridized carbons (Fsp3) is 0.571. The van der Waals surface area contributed by atoms with E-state index in [1.807, 2.05) is 32.0 Å². The Hall–Kier alpha value is -0.780. The van der Waals surface area contributed by atoms with E-state index in [1.54, 1.807) is 0 Å². The summed E-state index contributed by atoms with van der Waals surface area (Å²) in [5.74, 6) is 0. The van der Waals surface area contributed by atoms with Gasteiger partial charge in [0.1, 0.15) is 6.61 Å². The predicted molar refractivity (Wildman–Crippen MR) is 74.1 cm³/mol. The molecule has 20 heavy (non-hydrogen) atoms. The first-order valence-corrected chi connectivity index (χ1v) is 6.85. The third kappa shape index (κ3) is 6.11. The maximum absolute atomic E-state index is 12.0. The molecule has 1 unspecified atom stereocenters. The van der Waals surface area contributed by atoms with Crippen molar-refractivity contribution in [3.05, 3.63) is 34.3 Å². The molecule has 6 heteroatoms. The van der Waals surface area contributed by atoms with Crippen LogP contribution in [0.25, 0.3) is 0 Å². The van der Waals surface area contributed by atoms with Crippen LogP contribution >= 0.6 is 11.6 Å². The molecule has 0 bridgehead atoms. The van der Waals surface area contributed by atoms with Gasteiger partial charge in [0.2, 0.25) is 0 Å². The van der Waals surface area contributed by atoms with Gasteiger partial charge in [-0.25, -0.2) is 0 Å². The third-order valence-electron chi connectivity index (χ3n) is 2.87. The Balaban J connectivity index is 2.57. The highest BCUT2D eigenvalue weighted by Gasteiger charge is 2.27. The average molecular weight is 310 g/mol. The van der Waals surface area contributed by atoms with Gasteiger partial charge in [-0.3, -0.25) is 0 Å². The molecule has 0 aliphatic heterocycles. The van der Waals surface area contributed by atoms with E-state index in [0.29, 0.717) is 11.4 Å². The Labute approximate surface area is 122 Å². The first-order chi connectivity index (χ1) is 9.33. The molecule has 1 aromatic carbocycles. The average Bonchev–Trinajstić information content (AvgIpc) is 2.35. The summed E-state index contributed by atoms with van der Waals surface area (Å²) in [6.45, 7) is 3.40. The fourth-order valence-corrected chi connectivity index (χ4v) is 2.04. The molecule has 1 aromatic rings. The van der Waals surface area contributed by atoms with Crippen molar-refractivity contribution in [2.24, 2.45) is 0 Å². The summed E-state index contributed by atoms with van der Waals surface area (Å²) in [5.41, 5.74) is 1.93. The topological polar surface area (TPSA) is 21.3 Å². The van der Waals surface area contributed by atoms with Gasteiger partial charge in [0.15, 0.2) is 0 Å². The summed E-state index contributed by atoms with van der Waals surface area (Å²) < 4.78 is 40.6. The second kappa shape index (κ2) is 7.86. The Morgan fingerprint density at radius 3 is 2.60 bits per heavy atom. The maximum Gasteiger partial charge on any atom is 0.411 e. The summed E-state index contributed by atoms with van der Waals surface area (Å²) in [7, 11) is 0. The van der Waals surface area contributed by atoms with Crippen LogP contribution in [0.2, 0.25) is 5.02 Å². The molecular weight excluding hydrogens is 291 g/mol. The minimum atomic E-state index is -4.28. The number of ether oxygens (including phenoxy) is 1. The highest BCUT2D eigenvalue weighted by atomic mass is 35.5. The van der Waals surface area contributed by atoms with Gasteiger partial charge in [-0.15, -0.1) is 0 Å². The van der Waals surface area contributed by atoms with Crippen molar-refractivity contribution in [3.63, 3.8) is 0 Å². The molecule has 0 radical (unpaired) electrons. The number of alkyl halides is 3. The number of hydrogen-bond acceptors (Lipinski definition) is 2.